The lowest BCUT2D eigenvalue weighted by Gasteiger charge is -2.26. The summed E-state index contributed by atoms with van der Waals surface area (Å²) in [6.07, 6.45) is 2.32. The largest absolute Gasteiger partial charge is 0.508 e. The lowest BCUT2D eigenvalue weighted by Crippen LogP contribution is -2.16. The Kier molecular flexibility index (Phi) is 7.60. The third-order valence-corrected chi connectivity index (χ3v) is 9.46. The van der Waals surface area contributed by atoms with Gasteiger partial charge in [-0.15, -0.1) is 0 Å². The molecule has 2 aliphatic heterocycles. The SMILES string of the molecule is Oc1ccc(/C=C/c2cc(O)cc3c2[C@@H](c2cc(O)cc4c2C(c2cc(O)cc(O)c2)[C@H](c2ccc(O)cc2)O4)C(c2ccc(O)cc2)O3)cc1. The average Bonchev–Trinajstić information content (AvgIpc) is 3.67. The highest BCUT2D eigenvalue weighted by molar-refractivity contribution is 5.76. The number of aromatic hydroxyl groups is 7. The van der Waals surface area contributed by atoms with Gasteiger partial charge in [0.15, 0.2) is 0 Å². The van der Waals surface area contributed by atoms with Crippen LogP contribution in [0.1, 0.15) is 68.6 Å². The molecule has 0 bridgehead atoms. The van der Waals surface area contributed by atoms with Gasteiger partial charge in [0.25, 0.3) is 0 Å². The van der Waals surface area contributed by atoms with Crippen molar-refractivity contribution in [1.82, 2.24) is 0 Å². The van der Waals surface area contributed by atoms with Gasteiger partial charge in [0.2, 0.25) is 0 Å². The molecule has 9 heteroatoms. The van der Waals surface area contributed by atoms with E-state index in [9.17, 15) is 35.7 Å². The highest BCUT2D eigenvalue weighted by Crippen LogP contribution is 2.59. The maximum Gasteiger partial charge on any atom is 0.135 e. The molecule has 9 nitrogen and oxygen atoms in total. The first-order valence-corrected chi connectivity index (χ1v) is 16.3. The van der Waals surface area contributed by atoms with Crippen molar-refractivity contribution in [2.24, 2.45) is 0 Å². The van der Waals surface area contributed by atoms with Gasteiger partial charge in [0, 0.05) is 29.3 Å². The molecule has 6 aromatic carbocycles. The molecule has 51 heavy (non-hydrogen) atoms. The van der Waals surface area contributed by atoms with Crippen LogP contribution in [0.25, 0.3) is 12.2 Å². The van der Waals surface area contributed by atoms with Gasteiger partial charge < -0.3 is 45.2 Å². The summed E-state index contributed by atoms with van der Waals surface area (Å²) < 4.78 is 13.3. The normalized spacial score (nSPS) is 19.0. The Labute approximate surface area is 292 Å². The molecule has 4 atom stereocenters. The molecule has 0 saturated heterocycles. The van der Waals surface area contributed by atoms with Gasteiger partial charge in [0.05, 0.1) is 11.8 Å². The van der Waals surface area contributed by atoms with Crippen LogP contribution >= 0.6 is 0 Å². The zero-order chi connectivity index (χ0) is 35.4. The van der Waals surface area contributed by atoms with Crippen molar-refractivity contribution in [2.45, 2.75) is 24.0 Å². The van der Waals surface area contributed by atoms with E-state index in [0.717, 1.165) is 16.7 Å². The maximum absolute atomic E-state index is 11.3. The third-order valence-electron chi connectivity index (χ3n) is 9.46. The molecule has 6 aromatic rings. The predicted octanol–water partition coefficient (Wildman–Crippen LogP) is 8.33. The Morgan fingerprint density at radius 3 is 1.43 bits per heavy atom. The summed E-state index contributed by atoms with van der Waals surface area (Å²) >= 11 is 0. The van der Waals surface area contributed by atoms with E-state index in [2.05, 4.69) is 0 Å². The molecule has 0 fully saturated rings. The van der Waals surface area contributed by atoms with Crippen molar-refractivity contribution in [1.29, 1.82) is 0 Å². The van der Waals surface area contributed by atoms with Gasteiger partial charge in [-0.1, -0.05) is 48.6 Å². The predicted molar refractivity (Wildman–Crippen MR) is 190 cm³/mol. The van der Waals surface area contributed by atoms with Gasteiger partial charge >= 0.3 is 0 Å². The van der Waals surface area contributed by atoms with Gasteiger partial charge in [-0.2, -0.15) is 0 Å². The number of benzene rings is 6. The first-order chi connectivity index (χ1) is 24.6. The monoisotopic (exact) mass is 680 g/mol. The molecule has 0 radical (unpaired) electrons. The van der Waals surface area contributed by atoms with Crippen molar-refractivity contribution in [3.05, 3.63) is 160 Å². The molecule has 0 spiro atoms. The van der Waals surface area contributed by atoms with E-state index in [0.29, 0.717) is 39.3 Å². The van der Waals surface area contributed by atoms with E-state index in [1.807, 2.05) is 12.2 Å². The number of hydrogen-bond donors (Lipinski definition) is 7. The van der Waals surface area contributed by atoms with Crippen LogP contribution in [0.2, 0.25) is 0 Å². The average molecular weight is 681 g/mol. The van der Waals surface area contributed by atoms with Crippen LogP contribution in [0.15, 0.2) is 115 Å². The minimum atomic E-state index is -0.694. The minimum absolute atomic E-state index is 0.0193. The van der Waals surface area contributed by atoms with Crippen LogP contribution in [-0.4, -0.2) is 35.7 Å². The van der Waals surface area contributed by atoms with Crippen LogP contribution in [0.3, 0.4) is 0 Å². The van der Waals surface area contributed by atoms with Crippen LogP contribution in [0.4, 0.5) is 0 Å². The van der Waals surface area contributed by atoms with Crippen molar-refractivity contribution in [2.75, 3.05) is 0 Å². The molecule has 2 heterocycles. The second-order valence-corrected chi connectivity index (χ2v) is 12.8. The van der Waals surface area contributed by atoms with Gasteiger partial charge in [-0.25, -0.2) is 0 Å². The van der Waals surface area contributed by atoms with Crippen molar-refractivity contribution < 1.29 is 45.2 Å². The molecule has 0 saturated carbocycles. The van der Waals surface area contributed by atoms with E-state index >= 15 is 0 Å². The minimum Gasteiger partial charge on any atom is -0.508 e. The molecule has 8 rings (SSSR count). The first kappa shape index (κ1) is 31.5. The lowest BCUT2D eigenvalue weighted by molar-refractivity contribution is 0.219. The lowest BCUT2D eigenvalue weighted by atomic mass is 9.75. The van der Waals surface area contributed by atoms with E-state index in [1.54, 1.807) is 103 Å². The number of phenolic OH excluding ortho intramolecular Hbond substituents is 7. The number of phenols is 7. The number of rotatable bonds is 6. The van der Waals surface area contributed by atoms with Gasteiger partial charge in [-0.05, 0) is 94.0 Å². The molecule has 2 aliphatic rings. The van der Waals surface area contributed by atoms with E-state index in [1.165, 1.54) is 12.1 Å². The highest BCUT2D eigenvalue weighted by atomic mass is 16.5. The van der Waals surface area contributed by atoms with Crippen molar-refractivity contribution in [3.63, 3.8) is 0 Å². The molecule has 2 unspecified atom stereocenters. The molecule has 0 aliphatic carbocycles. The van der Waals surface area contributed by atoms with Crippen LogP contribution in [0.5, 0.6) is 51.7 Å². The maximum atomic E-state index is 11.3. The van der Waals surface area contributed by atoms with Crippen molar-refractivity contribution >= 4 is 12.2 Å². The van der Waals surface area contributed by atoms with Crippen LogP contribution in [-0.2, 0) is 0 Å². The number of ether oxygens (including phenoxy) is 2. The molecule has 254 valence electrons. The smallest absolute Gasteiger partial charge is 0.135 e. The standard InChI is InChI=1S/C42H32O9/c43-27-9-2-22(3-10-27)1-4-25-15-32(48)20-35-37(25)40(42(50-35)24-7-13-29(45)14-8-24)34-19-33(49)21-36-39(34)38(26-16-30(46)18-31(47)17-26)41(51-36)23-5-11-28(44)12-6-23/h1-21,38,40-49H/b4-1+/t38?,40-,41+,42?/m1/s1. The second kappa shape index (κ2) is 12.3. The second-order valence-electron chi connectivity index (χ2n) is 12.8. The highest BCUT2D eigenvalue weighted by Gasteiger charge is 2.46. The van der Waals surface area contributed by atoms with E-state index < -0.39 is 24.0 Å². The van der Waals surface area contributed by atoms with Crippen LogP contribution < -0.4 is 9.47 Å². The summed E-state index contributed by atoms with van der Waals surface area (Å²) in [5.74, 6) is -0.504. The van der Waals surface area contributed by atoms with E-state index in [4.69, 9.17) is 9.47 Å². The zero-order valence-electron chi connectivity index (χ0n) is 26.9. The molecular weight excluding hydrogens is 648 g/mol. The summed E-state index contributed by atoms with van der Waals surface area (Å²) in [7, 11) is 0. The molecule has 0 aromatic heterocycles. The Bertz CT molecular complexity index is 2270. The Morgan fingerprint density at radius 1 is 0.392 bits per heavy atom. The fraction of sp³-hybridized carbons (Fsp3) is 0.0952. The Morgan fingerprint density at radius 2 is 0.863 bits per heavy atom. The number of fused-ring (bicyclic) bond motifs is 2. The summed E-state index contributed by atoms with van der Waals surface area (Å²) in [5, 5.41) is 73.4. The fourth-order valence-corrected chi connectivity index (χ4v) is 7.31. The summed E-state index contributed by atoms with van der Waals surface area (Å²) in [4.78, 5) is 0. The summed E-state index contributed by atoms with van der Waals surface area (Å²) in [6.45, 7) is 0. The van der Waals surface area contributed by atoms with Gasteiger partial charge in [0.1, 0.15) is 64.0 Å². The number of hydrogen-bond acceptors (Lipinski definition) is 9. The zero-order valence-corrected chi connectivity index (χ0v) is 26.9. The van der Waals surface area contributed by atoms with E-state index in [-0.39, 0.29) is 40.2 Å². The first-order valence-electron chi connectivity index (χ1n) is 16.3. The quantitative estimate of drug-likeness (QED) is 0.0858. The Balaban J connectivity index is 1.37. The molecular formula is C42H32O9. The summed E-state index contributed by atoms with van der Waals surface area (Å²) in [6, 6.07) is 30.7. The fourth-order valence-electron chi connectivity index (χ4n) is 7.31. The van der Waals surface area contributed by atoms with Gasteiger partial charge in [-0.3, -0.25) is 0 Å². The summed E-state index contributed by atoms with van der Waals surface area (Å²) in [5.41, 5.74) is 5.48. The van der Waals surface area contributed by atoms with Crippen LogP contribution in [0, 0.1) is 0 Å². The Hall–Kier alpha value is -6.74. The molecule has 7 N–H and O–H groups in total. The molecule has 0 amide bonds. The third kappa shape index (κ3) is 5.84. The van der Waals surface area contributed by atoms with Crippen molar-refractivity contribution in [3.8, 4) is 51.7 Å². The topological polar surface area (TPSA) is 160 Å².